The van der Waals surface area contributed by atoms with Crippen molar-refractivity contribution in [1.29, 1.82) is 0 Å². The summed E-state index contributed by atoms with van der Waals surface area (Å²) in [5, 5.41) is 10.2. The molecule has 0 bridgehead atoms. The molecule has 1 atom stereocenters. The zero-order chi connectivity index (χ0) is 11.5. The number of aromatic nitrogens is 2. The van der Waals surface area contributed by atoms with Crippen molar-refractivity contribution in [1.82, 2.24) is 9.55 Å². The van der Waals surface area contributed by atoms with Crippen molar-refractivity contribution >= 4 is 0 Å². The van der Waals surface area contributed by atoms with Crippen molar-refractivity contribution < 1.29 is 5.11 Å². The van der Waals surface area contributed by atoms with Crippen LogP contribution in [-0.2, 0) is 6.54 Å². The summed E-state index contributed by atoms with van der Waals surface area (Å²) >= 11 is 0. The average Bonchev–Trinajstić information content (AvgIpc) is 2.86. The molecular weight excluding hydrogens is 200 g/mol. The first kappa shape index (κ1) is 11.6. The lowest BCUT2D eigenvalue weighted by Crippen LogP contribution is -2.24. The predicted octanol–water partition coefficient (Wildman–Crippen LogP) is 2.56. The van der Waals surface area contributed by atoms with Crippen molar-refractivity contribution in [2.45, 2.75) is 58.1 Å². The van der Waals surface area contributed by atoms with Crippen molar-refractivity contribution in [3.05, 3.63) is 18.2 Å². The van der Waals surface area contributed by atoms with Crippen LogP contribution < -0.4 is 0 Å². The van der Waals surface area contributed by atoms with Crippen LogP contribution in [-0.4, -0.2) is 20.8 Å². The van der Waals surface area contributed by atoms with E-state index < -0.39 is 0 Å². The average molecular weight is 222 g/mol. The van der Waals surface area contributed by atoms with E-state index in [-0.39, 0.29) is 6.10 Å². The van der Waals surface area contributed by atoms with Gasteiger partial charge >= 0.3 is 0 Å². The Balaban J connectivity index is 1.99. The van der Waals surface area contributed by atoms with E-state index in [1.165, 1.54) is 25.7 Å². The van der Waals surface area contributed by atoms with Gasteiger partial charge < -0.3 is 9.67 Å². The number of nitrogens with zero attached hydrogens (tertiary/aromatic N) is 2. The van der Waals surface area contributed by atoms with Gasteiger partial charge in [0.15, 0.2) is 0 Å². The van der Waals surface area contributed by atoms with Crippen LogP contribution >= 0.6 is 0 Å². The molecule has 90 valence electrons. The molecule has 3 heteroatoms. The molecule has 0 saturated heterocycles. The van der Waals surface area contributed by atoms with Crippen molar-refractivity contribution in [3.63, 3.8) is 0 Å². The van der Waals surface area contributed by atoms with Gasteiger partial charge in [-0.1, -0.05) is 26.7 Å². The summed E-state index contributed by atoms with van der Waals surface area (Å²) in [6, 6.07) is 0. The maximum Gasteiger partial charge on any atom is 0.111 e. The van der Waals surface area contributed by atoms with E-state index in [4.69, 9.17) is 0 Å². The summed E-state index contributed by atoms with van der Waals surface area (Å²) < 4.78 is 2.10. The lowest BCUT2D eigenvalue weighted by molar-refractivity contribution is 0.0920. The molecule has 2 rings (SSSR count). The van der Waals surface area contributed by atoms with Gasteiger partial charge in [-0.25, -0.2) is 4.98 Å². The third-order valence-electron chi connectivity index (χ3n) is 3.59. The molecule has 0 aromatic carbocycles. The van der Waals surface area contributed by atoms with Gasteiger partial charge in [-0.05, 0) is 18.8 Å². The molecule has 1 saturated carbocycles. The van der Waals surface area contributed by atoms with E-state index >= 15 is 0 Å². The monoisotopic (exact) mass is 222 g/mol. The van der Waals surface area contributed by atoms with Crippen LogP contribution in [0.5, 0.6) is 0 Å². The van der Waals surface area contributed by atoms with E-state index in [0.29, 0.717) is 18.4 Å². The zero-order valence-corrected chi connectivity index (χ0v) is 10.3. The predicted molar refractivity (Wildman–Crippen MR) is 64.3 cm³/mol. The second-order valence-corrected chi connectivity index (χ2v) is 5.20. The van der Waals surface area contributed by atoms with Gasteiger partial charge in [0, 0.05) is 18.3 Å². The quantitative estimate of drug-likeness (QED) is 0.850. The van der Waals surface area contributed by atoms with Gasteiger partial charge in [0.25, 0.3) is 0 Å². The molecular formula is C13H22N2O. The minimum atomic E-state index is -0.200. The zero-order valence-electron chi connectivity index (χ0n) is 10.3. The molecule has 1 fully saturated rings. The summed E-state index contributed by atoms with van der Waals surface area (Å²) in [6.07, 6.45) is 8.55. The molecule has 1 aliphatic rings. The second kappa shape index (κ2) is 5.00. The highest BCUT2D eigenvalue weighted by Crippen LogP contribution is 2.28. The Labute approximate surface area is 97.5 Å². The maximum absolute atomic E-state index is 10.2. The van der Waals surface area contributed by atoms with Gasteiger partial charge in [-0.15, -0.1) is 0 Å². The third-order valence-corrected chi connectivity index (χ3v) is 3.59. The lowest BCUT2D eigenvalue weighted by atomic mass is 10.0. The van der Waals surface area contributed by atoms with E-state index in [1.54, 1.807) is 0 Å². The van der Waals surface area contributed by atoms with Crippen molar-refractivity contribution in [3.8, 4) is 0 Å². The number of rotatable bonds is 4. The molecule has 1 aliphatic carbocycles. The molecule has 1 aromatic heterocycles. The van der Waals surface area contributed by atoms with E-state index in [2.05, 4.69) is 23.4 Å². The minimum Gasteiger partial charge on any atom is -0.391 e. The SMILES string of the molecule is CC(C)c1nccn1CC(O)C1CCCC1. The first-order valence-corrected chi connectivity index (χ1v) is 6.37. The van der Waals surface area contributed by atoms with Gasteiger partial charge in [-0.3, -0.25) is 0 Å². The van der Waals surface area contributed by atoms with Crippen LogP contribution in [0.25, 0.3) is 0 Å². The normalized spacial score (nSPS) is 19.5. The minimum absolute atomic E-state index is 0.200. The molecule has 1 N–H and O–H groups in total. The Hall–Kier alpha value is -0.830. The van der Waals surface area contributed by atoms with Crippen LogP contribution in [0, 0.1) is 5.92 Å². The number of hydrogen-bond donors (Lipinski definition) is 1. The first-order valence-electron chi connectivity index (χ1n) is 6.37. The Kier molecular flexibility index (Phi) is 3.64. The largest absolute Gasteiger partial charge is 0.391 e. The Morgan fingerprint density at radius 1 is 1.44 bits per heavy atom. The fourth-order valence-electron chi connectivity index (χ4n) is 2.67. The Morgan fingerprint density at radius 3 is 2.75 bits per heavy atom. The Morgan fingerprint density at radius 2 is 2.12 bits per heavy atom. The van der Waals surface area contributed by atoms with Gasteiger partial charge in [0.05, 0.1) is 12.6 Å². The topological polar surface area (TPSA) is 38.0 Å². The number of aliphatic hydroxyl groups excluding tert-OH is 1. The Bertz CT molecular complexity index is 326. The van der Waals surface area contributed by atoms with Crippen LogP contribution in [0.4, 0.5) is 0 Å². The van der Waals surface area contributed by atoms with Crippen LogP contribution in [0.1, 0.15) is 51.3 Å². The van der Waals surface area contributed by atoms with E-state index in [9.17, 15) is 5.11 Å². The summed E-state index contributed by atoms with van der Waals surface area (Å²) in [5.74, 6) is 2.00. The number of imidazole rings is 1. The second-order valence-electron chi connectivity index (χ2n) is 5.20. The van der Waals surface area contributed by atoms with Crippen molar-refractivity contribution in [2.24, 2.45) is 5.92 Å². The number of hydrogen-bond acceptors (Lipinski definition) is 2. The molecule has 1 unspecified atom stereocenters. The van der Waals surface area contributed by atoms with Gasteiger partial charge in [0.1, 0.15) is 5.82 Å². The summed E-state index contributed by atoms with van der Waals surface area (Å²) in [7, 11) is 0. The molecule has 0 aliphatic heterocycles. The summed E-state index contributed by atoms with van der Waals surface area (Å²) in [6.45, 7) is 4.99. The lowest BCUT2D eigenvalue weighted by Gasteiger charge is -2.20. The molecule has 0 spiro atoms. The maximum atomic E-state index is 10.2. The summed E-state index contributed by atoms with van der Waals surface area (Å²) in [5.41, 5.74) is 0. The summed E-state index contributed by atoms with van der Waals surface area (Å²) in [4.78, 5) is 4.35. The fourth-order valence-corrected chi connectivity index (χ4v) is 2.67. The molecule has 16 heavy (non-hydrogen) atoms. The van der Waals surface area contributed by atoms with Gasteiger partial charge in [-0.2, -0.15) is 0 Å². The van der Waals surface area contributed by atoms with Crippen LogP contribution in [0.15, 0.2) is 12.4 Å². The molecule has 1 heterocycles. The first-order chi connectivity index (χ1) is 7.68. The molecule has 0 amide bonds. The highest BCUT2D eigenvalue weighted by atomic mass is 16.3. The molecule has 1 aromatic rings. The number of aliphatic hydroxyl groups is 1. The highest BCUT2D eigenvalue weighted by molar-refractivity contribution is 4.98. The standard InChI is InChI=1S/C13H22N2O/c1-10(2)13-14-7-8-15(13)9-12(16)11-5-3-4-6-11/h7-8,10-12,16H,3-6,9H2,1-2H3. The smallest absolute Gasteiger partial charge is 0.111 e. The molecule has 0 radical (unpaired) electrons. The van der Waals surface area contributed by atoms with Gasteiger partial charge in [0.2, 0.25) is 0 Å². The van der Waals surface area contributed by atoms with E-state index in [0.717, 1.165) is 5.82 Å². The van der Waals surface area contributed by atoms with Crippen LogP contribution in [0.2, 0.25) is 0 Å². The van der Waals surface area contributed by atoms with E-state index in [1.807, 2.05) is 12.4 Å². The van der Waals surface area contributed by atoms with Crippen LogP contribution in [0.3, 0.4) is 0 Å². The third kappa shape index (κ3) is 2.46. The molecule has 3 nitrogen and oxygen atoms in total. The van der Waals surface area contributed by atoms with Crippen molar-refractivity contribution in [2.75, 3.05) is 0 Å². The highest BCUT2D eigenvalue weighted by Gasteiger charge is 2.24. The fraction of sp³-hybridized carbons (Fsp3) is 0.769.